The maximum Gasteiger partial charge on any atom is 0.229 e. The second kappa shape index (κ2) is 6.73. The maximum atomic E-state index is 11.9. The largest absolute Gasteiger partial charge is 0.324 e. The Morgan fingerprint density at radius 3 is 2.52 bits per heavy atom. The number of hydrogen-bond donors (Lipinski definition) is 2. The van der Waals surface area contributed by atoms with Crippen molar-refractivity contribution in [1.82, 2.24) is 0 Å². The smallest absolute Gasteiger partial charge is 0.229 e. The summed E-state index contributed by atoms with van der Waals surface area (Å²) < 4.78 is 25.0. The Balaban J connectivity index is 2.00. The van der Waals surface area contributed by atoms with E-state index in [9.17, 15) is 13.2 Å². The van der Waals surface area contributed by atoms with E-state index in [1.165, 1.54) is 0 Å². The monoisotopic (exact) mass is 324 g/mol. The number of hydrogen-bond acceptors (Lipinski definition) is 4. The Hall–Kier alpha value is -1.86. The van der Waals surface area contributed by atoms with Crippen LogP contribution in [0.2, 0.25) is 0 Å². The molecule has 0 unspecified atom stereocenters. The van der Waals surface area contributed by atoms with E-state index >= 15 is 0 Å². The summed E-state index contributed by atoms with van der Waals surface area (Å²) in [6.07, 6.45) is 2.09. The van der Waals surface area contributed by atoms with Crippen LogP contribution in [0.3, 0.4) is 0 Å². The molecule has 112 valence electrons. The minimum atomic E-state index is -3.38. The highest BCUT2D eigenvalue weighted by molar-refractivity contribution is 7.92. The first-order chi connectivity index (χ1) is 9.94. The molecule has 1 aromatic carbocycles. The van der Waals surface area contributed by atoms with Crippen LogP contribution in [0.4, 0.5) is 11.4 Å². The standard InChI is InChI=1S/C14H16N2O3S2/c1-21(18,19)16-13-5-3-2-4-12(13)15-14(17)7-6-11-8-9-20-10-11/h2-5,8-10,16H,6-7H2,1H3,(H,15,17). The molecule has 7 heteroatoms. The van der Waals surface area contributed by atoms with E-state index < -0.39 is 10.0 Å². The minimum Gasteiger partial charge on any atom is -0.324 e. The molecule has 0 fully saturated rings. The molecule has 2 rings (SSSR count). The van der Waals surface area contributed by atoms with Gasteiger partial charge in [0.2, 0.25) is 15.9 Å². The lowest BCUT2D eigenvalue weighted by Crippen LogP contribution is -2.16. The summed E-state index contributed by atoms with van der Waals surface area (Å²) in [5.41, 5.74) is 1.94. The molecule has 0 spiro atoms. The predicted molar refractivity (Wildman–Crippen MR) is 86.2 cm³/mol. The molecule has 21 heavy (non-hydrogen) atoms. The minimum absolute atomic E-state index is 0.149. The fourth-order valence-corrected chi connectivity index (χ4v) is 3.07. The fraction of sp³-hybridized carbons (Fsp3) is 0.214. The molecule has 1 amide bonds. The van der Waals surface area contributed by atoms with Gasteiger partial charge in [0.15, 0.2) is 0 Å². The highest BCUT2D eigenvalue weighted by Gasteiger charge is 2.10. The van der Waals surface area contributed by atoms with Crippen LogP contribution in [0.25, 0.3) is 0 Å². The third-order valence-electron chi connectivity index (χ3n) is 2.72. The first kappa shape index (κ1) is 15.5. The van der Waals surface area contributed by atoms with Gasteiger partial charge in [-0.25, -0.2) is 8.42 Å². The fourth-order valence-electron chi connectivity index (χ4n) is 1.79. The Morgan fingerprint density at radius 2 is 1.90 bits per heavy atom. The van der Waals surface area contributed by atoms with Gasteiger partial charge in [-0.2, -0.15) is 11.3 Å². The first-order valence-corrected chi connectivity index (χ1v) is 9.15. The van der Waals surface area contributed by atoms with Crippen LogP contribution in [0, 0.1) is 0 Å². The van der Waals surface area contributed by atoms with Crippen molar-refractivity contribution in [3.63, 3.8) is 0 Å². The molecule has 0 bridgehead atoms. The number of nitrogens with one attached hydrogen (secondary N) is 2. The number of aryl methyl sites for hydroxylation is 1. The molecule has 2 N–H and O–H groups in total. The maximum absolute atomic E-state index is 11.9. The van der Waals surface area contributed by atoms with Gasteiger partial charge in [0.1, 0.15) is 0 Å². The third-order valence-corrected chi connectivity index (χ3v) is 4.04. The number of carbonyl (C=O) groups is 1. The molecule has 0 aliphatic rings. The summed E-state index contributed by atoms with van der Waals surface area (Å²) >= 11 is 1.60. The molecule has 1 aromatic heterocycles. The highest BCUT2D eigenvalue weighted by Crippen LogP contribution is 2.22. The van der Waals surface area contributed by atoms with Gasteiger partial charge in [-0.15, -0.1) is 0 Å². The van der Waals surface area contributed by atoms with Crippen LogP contribution in [0.5, 0.6) is 0 Å². The average molecular weight is 324 g/mol. The number of benzene rings is 1. The molecule has 5 nitrogen and oxygen atoms in total. The van der Waals surface area contributed by atoms with Crippen LogP contribution >= 0.6 is 11.3 Å². The van der Waals surface area contributed by atoms with E-state index in [1.807, 2.05) is 16.8 Å². The summed E-state index contributed by atoms with van der Waals surface area (Å²) in [7, 11) is -3.38. The highest BCUT2D eigenvalue weighted by atomic mass is 32.2. The second-order valence-electron chi connectivity index (χ2n) is 4.60. The van der Waals surface area contributed by atoms with Crippen molar-refractivity contribution >= 4 is 38.6 Å². The van der Waals surface area contributed by atoms with Crippen molar-refractivity contribution in [3.05, 3.63) is 46.7 Å². The van der Waals surface area contributed by atoms with Gasteiger partial charge in [-0.05, 0) is 40.9 Å². The number of amides is 1. The topological polar surface area (TPSA) is 75.3 Å². The number of sulfonamides is 1. The molecule has 1 heterocycles. The zero-order valence-corrected chi connectivity index (χ0v) is 13.1. The van der Waals surface area contributed by atoms with Crippen LogP contribution < -0.4 is 10.0 Å². The summed E-state index contributed by atoms with van der Waals surface area (Å²) in [5.74, 6) is -0.149. The molecule has 0 saturated heterocycles. The van der Waals surface area contributed by atoms with Crippen LogP contribution in [0.15, 0.2) is 41.1 Å². The molecular weight excluding hydrogens is 308 g/mol. The zero-order valence-electron chi connectivity index (χ0n) is 11.5. The zero-order chi connectivity index (χ0) is 15.3. The van der Waals surface area contributed by atoms with E-state index in [2.05, 4.69) is 10.0 Å². The van der Waals surface area contributed by atoms with E-state index in [4.69, 9.17) is 0 Å². The van der Waals surface area contributed by atoms with Gasteiger partial charge in [0, 0.05) is 6.42 Å². The summed E-state index contributed by atoms with van der Waals surface area (Å²) in [5, 5.41) is 6.71. The van der Waals surface area contributed by atoms with Crippen molar-refractivity contribution in [3.8, 4) is 0 Å². The Bertz CT molecular complexity index is 710. The van der Waals surface area contributed by atoms with Crippen LogP contribution in [0.1, 0.15) is 12.0 Å². The van der Waals surface area contributed by atoms with Gasteiger partial charge >= 0.3 is 0 Å². The number of para-hydroxylation sites is 2. The van der Waals surface area contributed by atoms with Crippen molar-refractivity contribution < 1.29 is 13.2 Å². The normalized spacial score (nSPS) is 11.1. The van der Waals surface area contributed by atoms with Crippen molar-refractivity contribution in [2.75, 3.05) is 16.3 Å². The quantitative estimate of drug-likeness (QED) is 0.858. The summed E-state index contributed by atoms with van der Waals surface area (Å²) in [6.45, 7) is 0. The molecule has 0 atom stereocenters. The summed E-state index contributed by atoms with van der Waals surface area (Å²) in [4.78, 5) is 11.9. The lowest BCUT2D eigenvalue weighted by molar-refractivity contribution is -0.116. The molecule has 0 aliphatic carbocycles. The van der Waals surface area contributed by atoms with Gasteiger partial charge in [-0.1, -0.05) is 12.1 Å². The van der Waals surface area contributed by atoms with E-state index in [0.29, 0.717) is 24.2 Å². The van der Waals surface area contributed by atoms with Crippen molar-refractivity contribution in [1.29, 1.82) is 0 Å². The predicted octanol–water partition coefficient (Wildman–Crippen LogP) is 2.69. The third kappa shape index (κ3) is 5.20. The number of anilines is 2. The molecule has 2 aromatic rings. The lowest BCUT2D eigenvalue weighted by atomic mass is 10.2. The van der Waals surface area contributed by atoms with Gasteiger partial charge in [0.05, 0.1) is 17.6 Å². The van der Waals surface area contributed by atoms with E-state index in [-0.39, 0.29) is 5.91 Å². The molecule has 0 aliphatic heterocycles. The van der Waals surface area contributed by atoms with Crippen LogP contribution in [-0.2, 0) is 21.2 Å². The molecule has 0 radical (unpaired) electrons. The van der Waals surface area contributed by atoms with Gasteiger partial charge in [0.25, 0.3) is 0 Å². The lowest BCUT2D eigenvalue weighted by Gasteiger charge is -2.11. The molecule has 0 saturated carbocycles. The second-order valence-corrected chi connectivity index (χ2v) is 7.13. The average Bonchev–Trinajstić information content (AvgIpc) is 2.90. The Kier molecular flexibility index (Phi) is 4.98. The Morgan fingerprint density at radius 1 is 1.19 bits per heavy atom. The van der Waals surface area contributed by atoms with E-state index in [1.54, 1.807) is 35.6 Å². The van der Waals surface area contributed by atoms with Crippen molar-refractivity contribution in [2.24, 2.45) is 0 Å². The van der Waals surface area contributed by atoms with Gasteiger partial charge in [-0.3, -0.25) is 9.52 Å². The Labute approximate surface area is 128 Å². The number of rotatable bonds is 6. The number of carbonyl (C=O) groups excluding carboxylic acids is 1. The summed E-state index contributed by atoms with van der Waals surface area (Å²) in [6, 6.07) is 8.69. The number of thiophene rings is 1. The van der Waals surface area contributed by atoms with Gasteiger partial charge < -0.3 is 5.32 Å². The van der Waals surface area contributed by atoms with E-state index in [0.717, 1.165) is 11.8 Å². The first-order valence-electron chi connectivity index (χ1n) is 6.32. The van der Waals surface area contributed by atoms with Crippen LogP contribution in [-0.4, -0.2) is 20.6 Å². The SMILES string of the molecule is CS(=O)(=O)Nc1ccccc1NC(=O)CCc1ccsc1. The molecular formula is C14H16N2O3S2. The van der Waals surface area contributed by atoms with Crippen molar-refractivity contribution in [2.45, 2.75) is 12.8 Å².